The maximum absolute atomic E-state index is 15.3. The summed E-state index contributed by atoms with van der Waals surface area (Å²) in [4.78, 5) is 19.8. The summed E-state index contributed by atoms with van der Waals surface area (Å²) in [5, 5.41) is 13.2. The fourth-order valence-corrected chi connectivity index (χ4v) is 5.02. The lowest BCUT2D eigenvalue weighted by atomic mass is 10.0. The van der Waals surface area contributed by atoms with Gasteiger partial charge in [0.25, 0.3) is 0 Å². The summed E-state index contributed by atoms with van der Waals surface area (Å²) in [6.45, 7) is 2.64. The molecule has 224 valence electrons. The van der Waals surface area contributed by atoms with Gasteiger partial charge in [-0.3, -0.25) is 4.57 Å². The van der Waals surface area contributed by atoms with Crippen LogP contribution in [0, 0.1) is 5.82 Å². The summed E-state index contributed by atoms with van der Waals surface area (Å²) in [5.74, 6) is -2.13. The number of nitrogens with one attached hydrogen (secondary N) is 2. The van der Waals surface area contributed by atoms with Gasteiger partial charge in [-0.1, -0.05) is 12.1 Å². The SMILES string of the molecule is C[C@H](N)CCCc1cc(OC(F)(F)F)c(F)c(-c2cc3cn(-c4ccc([C@@H]5COC[C@@H](CO)N5)cc4)c(=O)nc3[nH]2)c1. The van der Waals surface area contributed by atoms with Crippen LogP contribution in [0.1, 0.15) is 36.9 Å². The third kappa shape index (κ3) is 6.81. The maximum Gasteiger partial charge on any atom is 0.573 e. The van der Waals surface area contributed by atoms with Crippen LogP contribution in [0.15, 0.2) is 53.5 Å². The number of aliphatic hydroxyl groups excluding tert-OH is 1. The first-order valence-corrected chi connectivity index (χ1v) is 13.5. The number of nitrogens with two attached hydrogens (primary N) is 1. The molecule has 9 nitrogen and oxygen atoms in total. The number of aromatic nitrogens is 3. The Labute approximate surface area is 238 Å². The predicted octanol–water partition coefficient (Wildman–Crippen LogP) is 4.11. The van der Waals surface area contributed by atoms with E-state index in [0.717, 1.165) is 11.6 Å². The molecular formula is C29H31F4N5O4. The number of morpholine rings is 1. The summed E-state index contributed by atoms with van der Waals surface area (Å²) in [5.41, 5.74) is 7.23. The molecule has 0 bridgehead atoms. The van der Waals surface area contributed by atoms with Crippen molar-refractivity contribution in [2.45, 2.75) is 50.7 Å². The largest absolute Gasteiger partial charge is 0.573 e. The zero-order valence-corrected chi connectivity index (χ0v) is 22.7. The Kier molecular flexibility index (Phi) is 8.64. The molecule has 2 aromatic heterocycles. The average molecular weight is 590 g/mol. The number of alkyl halides is 3. The molecule has 0 aliphatic carbocycles. The van der Waals surface area contributed by atoms with E-state index in [0.29, 0.717) is 49.1 Å². The van der Waals surface area contributed by atoms with E-state index in [2.05, 4.69) is 20.0 Å². The van der Waals surface area contributed by atoms with Gasteiger partial charge in [0.15, 0.2) is 11.6 Å². The number of fused-ring (bicyclic) bond motifs is 1. The van der Waals surface area contributed by atoms with Crippen LogP contribution in [-0.2, 0) is 11.2 Å². The highest BCUT2D eigenvalue weighted by Crippen LogP contribution is 2.35. The van der Waals surface area contributed by atoms with Crippen LogP contribution in [0.4, 0.5) is 17.6 Å². The molecule has 4 aromatic rings. The van der Waals surface area contributed by atoms with E-state index >= 15 is 4.39 Å². The third-order valence-electron chi connectivity index (χ3n) is 7.08. The van der Waals surface area contributed by atoms with Gasteiger partial charge in [0.1, 0.15) is 5.65 Å². The first-order chi connectivity index (χ1) is 20.0. The normalized spacial score (nSPS) is 18.4. The van der Waals surface area contributed by atoms with E-state index in [1.807, 2.05) is 19.1 Å². The molecule has 0 unspecified atom stereocenters. The van der Waals surface area contributed by atoms with E-state index in [1.165, 1.54) is 22.9 Å². The second kappa shape index (κ2) is 12.2. The number of ether oxygens (including phenoxy) is 2. The molecule has 0 amide bonds. The third-order valence-corrected chi connectivity index (χ3v) is 7.08. The molecule has 42 heavy (non-hydrogen) atoms. The van der Waals surface area contributed by atoms with Gasteiger partial charge in [0, 0.05) is 23.2 Å². The molecule has 5 N–H and O–H groups in total. The lowest BCUT2D eigenvalue weighted by Crippen LogP contribution is -2.45. The van der Waals surface area contributed by atoms with Gasteiger partial charge < -0.3 is 30.6 Å². The van der Waals surface area contributed by atoms with Gasteiger partial charge in [-0.25, -0.2) is 9.18 Å². The van der Waals surface area contributed by atoms with Gasteiger partial charge in [0.05, 0.1) is 43.3 Å². The Morgan fingerprint density at radius 1 is 1.21 bits per heavy atom. The van der Waals surface area contributed by atoms with Crippen molar-refractivity contribution in [1.29, 1.82) is 0 Å². The van der Waals surface area contributed by atoms with Crippen LogP contribution in [0.2, 0.25) is 0 Å². The highest BCUT2D eigenvalue weighted by molar-refractivity contribution is 5.83. The molecule has 1 aliphatic rings. The number of rotatable bonds is 9. The fraction of sp³-hybridized carbons (Fsp3) is 0.379. The Morgan fingerprint density at radius 2 is 1.98 bits per heavy atom. The van der Waals surface area contributed by atoms with Gasteiger partial charge in [0.2, 0.25) is 0 Å². The highest BCUT2D eigenvalue weighted by Gasteiger charge is 2.33. The summed E-state index contributed by atoms with van der Waals surface area (Å²) in [6.07, 6.45) is -1.96. The number of aryl methyl sites for hydroxylation is 1. The van der Waals surface area contributed by atoms with E-state index in [1.54, 1.807) is 12.1 Å². The first-order valence-electron chi connectivity index (χ1n) is 13.5. The molecule has 0 spiro atoms. The topological polar surface area (TPSA) is 127 Å². The second-order valence-electron chi connectivity index (χ2n) is 10.5. The monoisotopic (exact) mass is 589 g/mol. The first kappa shape index (κ1) is 29.7. The number of hydrogen-bond acceptors (Lipinski definition) is 7. The number of aromatic amines is 1. The average Bonchev–Trinajstić information content (AvgIpc) is 3.36. The molecule has 13 heteroatoms. The lowest BCUT2D eigenvalue weighted by Gasteiger charge is -2.30. The predicted molar refractivity (Wildman–Crippen MR) is 148 cm³/mol. The zero-order valence-electron chi connectivity index (χ0n) is 22.7. The van der Waals surface area contributed by atoms with Crippen molar-refractivity contribution in [3.05, 3.63) is 76.1 Å². The van der Waals surface area contributed by atoms with Gasteiger partial charge in [-0.15, -0.1) is 13.2 Å². The Morgan fingerprint density at radius 3 is 2.67 bits per heavy atom. The van der Waals surface area contributed by atoms with Gasteiger partial charge >= 0.3 is 12.1 Å². The number of H-pyrrole nitrogens is 1. The number of hydrogen-bond donors (Lipinski definition) is 4. The van der Waals surface area contributed by atoms with Gasteiger partial charge in [-0.05, 0) is 67.6 Å². The van der Waals surface area contributed by atoms with E-state index < -0.39 is 23.6 Å². The van der Waals surface area contributed by atoms with Crippen LogP contribution >= 0.6 is 0 Å². The van der Waals surface area contributed by atoms with Crippen LogP contribution < -0.4 is 21.5 Å². The van der Waals surface area contributed by atoms with Crippen molar-refractivity contribution < 1.29 is 32.1 Å². The lowest BCUT2D eigenvalue weighted by molar-refractivity contribution is -0.275. The molecule has 1 saturated heterocycles. The molecular weight excluding hydrogens is 558 g/mol. The van der Waals surface area contributed by atoms with E-state index in [4.69, 9.17) is 10.5 Å². The minimum Gasteiger partial charge on any atom is -0.403 e. The van der Waals surface area contributed by atoms with Crippen molar-refractivity contribution in [1.82, 2.24) is 19.9 Å². The van der Waals surface area contributed by atoms with Crippen molar-refractivity contribution >= 4 is 11.0 Å². The van der Waals surface area contributed by atoms with Crippen molar-refractivity contribution in [2.75, 3.05) is 19.8 Å². The fourth-order valence-electron chi connectivity index (χ4n) is 5.02. The Bertz CT molecular complexity index is 1600. The molecule has 0 radical (unpaired) electrons. The summed E-state index contributed by atoms with van der Waals surface area (Å²) in [7, 11) is 0. The summed E-state index contributed by atoms with van der Waals surface area (Å²) < 4.78 is 65.3. The standard InChI is InChI=1S/C29H31F4N5O4/c1-16(34)3-2-4-17-9-22(26(30)25(10-17)42-29(31,32)33)23-11-19-12-38(28(40)37-27(19)36-23)21-7-5-18(6-8-21)24-15-41-14-20(13-39)35-24/h5-12,16,20,24,35,39H,2-4,13-15,34H2,1H3,(H,36,37,40)/t16-,20+,24-/m0/s1. The Hall–Kier alpha value is -3.78. The number of nitrogens with zero attached hydrogens (tertiary/aromatic N) is 2. The highest BCUT2D eigenvalue weighted by atomic mass is 19.4. The minimum atomic E-state index is -5.08. The molecule has 2 aromatic carbocycles. The minimum absolute atomic E-state index is 0.0489. The van der Waals surface area contributed by atoms with Gasteiger partial charge in [-0.2, -0.15) is 4.98 Å². The number of halogens is 4. The number of aliphatic hydroxyl groups is 1. The van der Waals surface area contributed by atoms with Crippen LogP contribution in [0.25, 0.3) is 28.0 Å². The zero-order chi connectivity index (χ0) is 30.0. The van der Waals surface area contributed by atoms with E-state index in [9.17, 15) is 23.1 Å². The quantitative estimate of drug-likeness (QED) is 0.217. The van der Waals surface area contributed by atoms with Crippen molar-refractivity contribution in [2.24, 2.45) is 5.73 Å². The Balaban J connectivity index is 1.47. The van der Waals surface area contributed by atoms with Crippen molar-refractivity contribution in [3.63, 3.8) is 0 Å². The van der Waals surface area contributed by atoms with Crippen LogP contribution in [-0.4, -0.2) is 57.9 Å². The molecule has 0 saturated carbocycles. The van der Waals surface area contributed by atoms with Crippen LogP contribution in [0.3, 0.4) is 0 Å². The van der Waals surface area contributed by atoms with Crippen LogP contribution in [0.5, 0.6) is 5.75 Å². The smallest absolute Gasteiger partial charge is 0.403 e. The van der Waals surface area contributed by atoms with E-state index in [-0.39, 0.29) is 41.6 Å². The second-order valence-corrected chi connectivity index (χ2v) is 10.5. The molecule has 3 heterocycles. The van der Waals surface area contributed by atoms with Crippen molar-refractivity contribution in [3.8, 4) is 22.7 Å². The molecule has 1 fully saturated rings. The maximum atomic E-state index is 15.3. The summed E-state index contributed by atoms with van der Waals surface area (Å²) in [6, 6.07) is 10.8. The molecule has 1 aliphatic heterocycles. The summed E-state index contributed by atoms with van der Waals surface area (Å²) >= 11 is 0. The number of benzene rings is 2. The molecule has 3 atom stereocenters. The molecule has 5 rings (SSSR count).